The number of halogens is 1. The Balaban J connectivity index is 1.84. The molecule has 1 saturated carbocycles. The molecular formula is C22H21FO2. The van der Waals surface area contributed by atoms with Gasteiger partial charge in [0.05, 0.1) is 18.3 Å². The molecule has 0 spiro atoms. The van der Waals surface area contributed by atoms with E-state index in [4.69, 9.17) is 4.74 Å². The van der Waals surface area contributed by atoms with Crippen LogP contribution in [0.4, 0.5) is 4.39 Å². The summed E-state index contributed by atoms with van der Waals surface area (Å²) in [4.78, 5) is 0. The fourth-order valence-corrected chi connectivity index (χ4v) is 4.83. The lowest BCUT2D eigenvalue weighted by atomic mass is 9.72. The molecule has 1 fully saturated rings. The Kier molecular flexibility index (Phi) is 3.37. The highest BCUT2D eigenvalue weighted by Gasteiger charge is 2.43. The minimum atomic E-state index is -0.839. The number of fused-ring (bicyclic) bond motifs is 4. The molecule has 0 amide bonds. The van der Waals surface area contributed by atoms with Crippen molar-refractivity contribution in [1.29, 1.82) is 0 Å². The van der Waals surface area contributed by atoms with Gasteiger partial charge in [-0.25, -0.2) is 4.39 Å². The number of rotatable bonds is 1. The molecule has 1 atom stereocenters. The third-order valence-electron chi connectivity index (χ3n) is 5.98. The summed E-state index contributed by atoms with van der Waals surface area (Å²) in [5, 5.41) is 11.5. The minimum absolute atomic E-state index is 0.108. The van der Waals surface area contributed by atoms with Crippen LogP contribution in [0.3, 0.4) is 0 Å². The van der Waals surface area contributed by atoms with E-state index in [2.05, 4.69) is 12.1 Å². The van der Waals surface area contributed by atoms with Crippen LogP contribution in [0.15, 0.2) is 42.5 Å². The maximum absolute atomic E-state index is 14.0. The van der Waals surface area contributed by atoms with Crippen molar-refractivity contribution in [1.82, 2.24) is 0 Å². The zero-order valence-electron chi connectivity index (χ0n) is 14.1. The lowest BCUT2D eigenvalue weighted by Crippen LogP contribution is -2.35. The van der Waals surface area contributed by atoms with Gasteiger partial charge in [0, 0.05) is 6.42 Å². The molecule has 2 aromatic rings. The Morgan fingerprint density at radius 2 is 1.80 bits per heavy atom. The smallest absolute Gasteiger partial charge is 0.123 e. The highest BCUT2D eigenvalue weighted by molar-refractivity contribution is 5.99. The van der Waals surface area contributed by atoms with Gasteiger partial charge in [-0.05, 0) is 58.4 Å². The van der Waals surface area contributed by atoms with E-state index in [1.807, 2.05) is 18.2 Å². The SMILES string of the molecule is OC1(C2=C3c4cc(F)ccc4COC3Cc3ccccc32)CCCC1. The summed E-state index contributed by atoms with van der Waals surface area (Å²) in [7, 11) is 0. The van der Waals surface area contributed by atoms with Crippen LogP contribution in [-0.4, -0.2) is 16.8 Å². The van der Waals surface area contributed by atoms with Gasteiger partial charge < -0.3 is 9.84 Å². The average molecular weight is 336 g/mol. The van der Waals surface area contributed by atoms with Crippen molar-refractivity contribution in [3.8, 4) is 0 Å². The lowest BCUT2D eigenvalue weighted by molar-refractivity contribution is 0.0667. The van der Waals surface area contributed by atoms with E-state index in [0.717, 1.165) is 59.9 Å². The predicted molar refractivity (Wildman–Crippen MR) is 95.4 cm³/mol. The van der Waals surface area contributed by atoms with Crippen LogP contribution < -0.4 is 0 Å². The van der Waals surface area contributed by atoms with Gasteiger partial charge in [0.2, 0.25) is 0 Å². The van der Waals surface area contributed by atoms with E-state index in [0.29, 0.717) is 6.61 Å². The first kappa shape index (κ1) is 15.3. The maximum atomic E-state index is 14.0. The molecular weight excluding hydrogens is 315 g/mol. The molecule has 3 aliphatic rings. The summed E-state index contributed by atoms with van der Waals surface area (Å²) < 4.78 is 20.2. The fourth-order valence-electron chi connectivity index (χ4n) is 4.83. The second-order valence-electron chi connectivity index (χ2n) is 7.49. The molecule has 3 heteroatoms. The summed E-state index contributed by atoms with van der Waals surface area (Å²) >= 11 is 0. The van der Waals surface area contributed by atoms with Crippen molar-refractivity contribution < 1.29 is 14.2 Å². The van der Waals surface area contributed by atoms with Crippen LogP contribution in [0.2, 0.25) is 0 Å². The van der Waals surface area contributed by atoms with Gasteiger partial charge in [-0.3, -0.25) is 0 Å². The molecule has 0 aromatic heterocycles. The van der Waals surface area contributed by atoms with Crippen molar-refractivity contribution in [3.63, 3.8) is 0 Å². The summed E-state index contributed by atoms with van der Waals surface area (Å²) in [5.41, 5.74) is 5.39. The van der Waals surface area contributed by atoms with Gasteiger partial charge in [-0.15, -0.1) is 0 Å². The molecule has 1 N–H and O–H groups in total. The van der Waals surface area contributed by atoms with Gasteiger partial charge in [0.1, 0.15) is 5.82 Å². The number of ether oxygens (including phenoxy) is 1. The van der Waals surface area contributed by atoms with Crippen LogP contribution in [0.1, 0.15) is 47.9 Å². The Hall–Kier alpha value is -1.97. The van der Waals surface area contributed by atoms with Gasteiger partial charge in [0.15, 0.2) is 0 Å². The highest BCUT2D eigenvalue weighted by Crippen LogP contribution is 2.51. The van der Waals surface area contributed by atoms with Crippen LogP contribution >= 0.6 is 0 Å². The summed E-state index contributed by atoms with van der Waals surface area (Å²) in [6.45, 7) is 0.498. The minimum Gasteiger partial charge on any atom is -0.385 e. The molecule has 5 rings (SSSR count). The number of hydrogen-bond acceptors (Lipinski definition) is 2. The lowest BCUT2D eigenvalue weighted by Gasteiger charge is -2.40. The standard InChI is InChI=1S/C22H21FO2/c23-16-8-7-15-13-25-19-11-14-5-1-2-6-17(14)21(20(19)18(15)12-16)22(24)9-3-4-10-22/h1-2,5-8,12,19,24H,3-4,9-11,13H2. The van der Waals surface area contributed by atoms with Gasteiger partial charge in [-0.2, -0.15) is 0 Å². The van der Waals surface area contributed by atoms with E-state index < -0.39 is 5.60 Å². The molecule has 2 aromatic carbocycles. The number of benzene rings is 2. The third kappa shape index (κ3) is 2.30. The second kappa shape index (κ2) is 5.52. The van der Waals surface area contributed by atoms with E-state index in [1.165, 1.54) is 11.6 Å². The number of aliphatic hydroxyl groups is 1. The topological polar surface area (TPSA) is 29.5 Å². The van der Waals surface area contributed by atoms with Crippen molar-refractivity contribution >= 4 is 11.1 Å². The van der Waals surface area contributed by atoms with Crippen LogP contribution in [0.5, 0.6) is 0 Å². The van der Waals surface area contributed by atoms with E-state index >= 15 is 0 Å². The largest absolute Gasteiger partial charge is 0.385 e. The first-order valence-electron chi connectivity index (χ1n) is 9.11. The van der Waals surface area contributed by atoms with Gasteiger partial charge in [-0.1, -0.05) is 43.2 Å². The van der Waals surface area contributed by atoms with Crippen molar-refractivity contribution in [3.05, 3.63) is 70.5 Å². The molecule has 1 aliphatic heterocycles. The third-order valence-corrected chi connectivity index (χ3v) is 5.98. The normalized spacial score (nSPS) is 23.8. The van der Waals surface area contributed by atoms with Crippen LogP contribution in [-0.2, 0) is 17.8 Å². The number of hydrogen-bond donors (Lipinski definition) is 1. The second-order valence-corrected chi connectivity index (χ2v) is 7.49. The Morgan fingerprint density at radius 3 is 2.64 bits per heavy atom. The first-order valence-corrected chi connectivity index (χ1v) is 9.11. The van der Waals surface area contributed by atoms with E-state index in [1.54, 1.807) is 6.07 Å². The van der Waals surface area contributed by atoms with E-state index in [-0.39, 0.29) is 11.9 Å². The quantitative estimate of drug-likeness (QED) is 0.831. The van der Waals surface area contributed by atoms with Gasteiger partial charge in [0.25, 0.3) is 0 Å². The first-order chi connectivity index (χ1) is 12.2. The summed E-state index contributed by atoms with van der Waals surface area (Å²) in [6, 6.07) is 13.2. The van der Waals surface area contributed by atoms with Crippen molar-refractivity contribution in [2.75, 3.05) is 0 Å². The maximum Gasteiger partial charge on any atom is 0.123 e. The Labute approximate surface area is 147 Å². The summed E-state index contributed by atoms with van der Waals surface area (Å²) in [5.74, 6) is -0.233. The molecule has 2 aliphatic carbocycles. The average Bonchev–Trinajstić information content (AvgIpc) is 3.07. The molecule has 128 valence electrons. The molecule has 1 unspecified atom stereocenters. The monoisotopic (exact) mass is 336 g/mol. The van der Waals surface area contributed by atoms with E-state index in [9.17, 15) is 9.50 Å². The molecule has 0 saturated heterocycles. The molecule has 25 heavy (non-hydrogen) atoms. The zero-order chi connectivity index (χ0) is 17.0. The molecule has 1 heterocycles. The van der Waals surface area contributed by atoms with Gasteiger partial charge >= 0.3 is 0 Å². The molecule has 0 radical (unpaired) electrons. The molecule has 0 bridgehead atoms. The highest BCUT2D eigenvalue weighted by atomic mass is 19.1. The fraction of sp³-hybridized carbons (Fsp3) is 0.364. The predicted octanol–water partition coefficient (Wildman–Crippen LogP) is 4.50. The Morgan fingerprint density at radius 1 is 1.00 bits per heavy atom. The van der Waals surface area contributed by atoms with Crippen molar-refractivity contribution in [2.45, 2.75) is 50.4 Å². The summed E-state index contributed by atoms with van der Waals surface area (Å²) in [6.07, 6.45) is 4.24. The van der Waals surface area contributed by atoms with Crippen molar-refractivity contribution in [2.24, 2.45) is 0 Å². The van der Waals surface area contributed by atoms with Crippen LogP contribution in [0, 0.1) is 5.82 Å². The molecule has 2 nitrogen and oxygen atoms in total. The zero-order valence-corrected chi connectivity index (χ0v) is 14.1. The Bertz CT molecular complexity index is 877. The van der Waals surface area contributed by atoms with Crippen LogP contribution in [0.25, 0.3) is 11.1 Å².